The molecule has 0 aromatic heterocycles. The Balaban J connectivity index is 0.00000144. The van der Waals surface area contributed by atoms with Crippen molar-refractivity contribution in [2.45, 2.75) is 0 Å². The molecule has 6 heteroatoms. The summed E-state index contributed by atoms with van der Waals surface area (Å²) in [4.78, 5) is 10.1. The SMILES string of the molecule is Nc1cc(F)c(C(=O)[O-])cc1F.[Na+]. The minimum absolute atomic E-state index is 0. The molecule has 13 heavy (non-hydrogen) atoms. The number of benzene rings is 1. The van der Waals surface area contributed by atoms with Crippen molar-refractivity contribution >= 4 is 11.7 Å². The second-order valence-corrected chi connectivity index (χ2v) is 2.14. The molecule has 0 aliphatic carbocycles. The van der Waals surface area contributed by atoms with E-state index in [1.807, 2.05) is 0 Å². The van der Waals surface area contributed by atoms with Crippen molar-refractivity contribution in [3.8, 4) is 0 Å². The molecule has 0 unspecified atom stereocenters. The van der Waals surface area contributed by atoms with Crippen LogP contribution in [0.2, 0.25) is 0 Å². The maximum Gasteiger partial charge on any atom is 1.00 e. The van der Waals surface area contributed by atoms with Crippen molar-refractivity contribution in [1.29, 1.82) is 0 Å². The normalized spacial score (nSPS) is 9.08. The largest absolute Gasteiger partial charge is 1.00 e. The summed E-state index contributed by atoms with van der Waals surface area (Å²) in [5.41, 5.74) is 3.70. The number of carbonyl (C=O) groups excluding carboxylic acids is 1. The van der Waals surface area contributed by atoms with Gasteiger partial charge < -0.3 is 15.6 Å². The first-order valence-corrected chi connectivity index (χ1v) is 2.98. The van der Waals surface area contributed by atoms with Crippen molar-refractivity contribution in [2.24, 2.45) is 0 Å². The fourth-order valence-corrected chi connectivity index (χ4v) is 0.719. The first-order valence-electron chi connectivity index (χ1n) is 2.98. The molecule has 0 spiro atoms. The van der Waals surface area contributed by atoms with E-state index in [0.717, 1.165) is 0 Å². The predicted molar refractivity (Wildman–Crippen MR) is 35.1 cm³/mol. The minimum atomic E-state index is -1.77. The summed E-state index contributed by atoms with van der Waals surface area (Å²) in [5.74, 6) is -3.85. The number of halogens is 2. The summed E-state index contributed by atoms with van der Waals surface area (Å²) in [6.07, 6.45) is 0. The molecule has 0 amide bonds. The Bertz CT molecular complexity index is 344. The van der Waals surface area contributed by atoms with Gasteiger partial charge in [0.1, 0.15) is 11.6 Å². The molecule has 64 valence electrons. The average Bonchev–Trinajstić information content (AvgIpc) is 1.96. The zero-order valence-corrected chi connectivity index (χ0v) is 8.80. The zero-order valence-electron chi connectivity index (χ0n) is 6.80. The van der Waals surface area contributed by atoms with Gasteiger partial charge in [-0.1, -0.05) is 0 Å². The molecule has 1 rings (SSSR count). The van der Waals surface area contributed by atoms with E-state index in [9.17, 15) is 18.7 Å². The van der Waals surface area contributed by atoms with Gasteiger partial charge in [-0.15, -0.1) is 0 Å². The second-order valence-electron chi connectivity index (χ2n) is 2.14. The van der Waals surface area contributed by atoms with Gasteiger partial charge in [0.15, 0.2) is 0 Å². The first-order chi connectivity index (χ1) is 5.52. The van der Waals surface area contributed by atoms with Crippen molar-refractivity contribution in [2.75, 3.05) is 5.73 Å². The monoisotopic (exact) mass is 195 g/mol. The first kappa shape index (κ1) is 12.3. The molecule has 1 aromatic carbocycles. The van der Waals surface area contributed by atoms with Crippen molar-refractivity contribution in [3.05, 3.63) is 29.3 Å². The quantitative estimate of drug-likeness (QED) is 0.381. The molecule has 3 nitrogen and oxygen atoms in total. The summed E-state index contributed by atoms with van der Waals surface area (Å²) in [7, 11) is 0. The Morgan fingerprint density at radius 1 is 1.31 bits per heavy atom. The Morgan fingerprint density at radius 2 is 1.85 bits per heavy atom. The van der Waals surface area contributed by atoms with Gasteiger partial charge in [-0.2, -0.15) is 0 Å². The molecule has 0 radical (unpaired) electrons. The minimum Gasteiger partial charge on any atom is -0.545 e. The van der Waals surface area contributed by atoms with Crippen LogP contribution in [0.4, 0.5) is 14.5 Å². The van der Waals surface area contributed by atoms with Crippen molar-refractivity contribution in [3.63, 3.8) is 0 Å². The van der Waals surface area contributed by atoms with Crippen LogP contribution in [0.25, 0.3) is 0 Å². The van der Waals surface area contributed by atoms with Crippen LogP contribution in [0, 0.1) is 11.6 Å². The van der Waals surface area contributed by atoms with Gasteiger partial charge in [-0.25, -0.2) is 8.78 Å². The maximum absolute atomic E-state index is 12.6. The summed E-state index contributed by atoms with van der Waals surface area (Å²) in [6.45, 7) is 0. The molecule has 0 atom stereocenters. The summed E-state index contributed by atoms with van der Waals surface area (Å²) in [5, 5.41) is 10.1. The molecule has 0 aliphatic heterocycles. The molecule has 0 saturated heterocycles. The van der Waals surface area contributed by atoms with Gasteiger partial charge in [0.05, 0.1) is 11.7 Å². The Morgan fingerprint density at radius 3 is 2.31 bits per heavy atom. The molecule has 2 N–H and O–H groups in total. The van der Waals surface area contributed by atoms with Gasteiger partial charge in [-0.3, -0.25) is 0 Å². The second kappa shape index (κ2) is 4.55. The van der Waals surface area contributed by atoms with Crippen molar-refractivity contribution < 1.29 is 48.2 Å². The number of carboxylic acid groups (broad SMARTS) is 1. The number of aromatic carboxylic acids is 1. The number of hydrogen-bond acceptors (Lipinski definition) is 3. The van der Waals surface area contributed by atoms with E-state index in [2.05, 4.69) is 0 Å². The van der Waals surface area contributed by atoms with E-state index in [-0.39, 0.29) is 29.6 Å². The molecule has 0 bridgehead atoms. The van der Waals surface area contributed by atoms with Crippen LogP contribution in [-0.4, -0.2) is 5.97 Å². The molecular weight excluding hydrogens is 191 g/mol. The average molecular weight is 195 g/mol. The molecule has 0 saturated carbocycles. The van der Waals surface area contributed by atoms with Gasteiger partial charge in [0.25, 0.3) is 0 Å². The number of carboxylic acids is 1. The van der Waals surface area contributed by atoms with Crippen LogP contribution in [0.15, 0.2) is 12.1 Å². The maximum atomic E-state index is 12.6. The predicted octanol–water partition coefficient (Wildman–Crippen LogP) is -3.09. The van der Waals surface area contributed by atoms with Crippen LogP contribution >= 0.6 is 0 Å². The van der Waals surface area contributed by atoms with Crippen LogP contribution in [0.5, 0.6) is 0 Å². The molecule has 0 aliphatic rings. The Hall–Kier alpha value is -0.650. The number of nitrogens with two attached hydrogens (primary N) is 1. The third-order valence-electron chi connectivity index (χ3n) is 1.31. The fraction of sp³-hybridized carbons (Fsp3) is 0. The van der Waals surface area contributed by atoms with E-state index < -0.39 is 28.9 Å². The van der Waals surface area contributed by atoms with Crippen molar-refractivity contribution in [1.82, 2.24) is 0 Å². The summed E-state index contributed by atoms with van der Waals surface area (Å²) in [6, 6.07) is 1.08. The van der Waals surface area contributed by atoms with E-state index in [1.165, 1.54) is 0 Å². The molecular formula is C7H4F2NNaO2. The summed E-state index contributed by atoms with van der Waals surface area (Å²) < 4.78 is 25.2. The number of hydrogen-bond donors (Lipinski definition) is 1. The Kier molecular flexibility index (Phi) is 4.32. The number of carbonyl (C=O) groups is 1. The topological polar surface area (TPSA) is 66.2 Å². The molecule has 0 fully saturated rings. The molecule has 0 heterocycles. The number of rotatable bonds is 1. The van der Waals surface area contributed by atoms with E-state index >= 15 is 0 Å². The third-order valence-corrected chi connectivity index (χ3v) is 1.31. The van der Waals surface area contributed by atoms with E-state index in [0.29, 0.717) is 12.1 Å². The van der Waals surface area contributed by atoms with Gasteiger partial charge in [0.2, 0.25) is 0 Å². The van der Waals surface area contributed by atoms with Gasteiger partial charge in [-0.05, 0) is 6.07 Å². The van der Waals surface area contributed by atoms with Gasteiger partial charge in [0, 0.05) is 11.6 Å². The van der Waals surface area contributed by atoms with Crippen LogP contribution in [-0.2, 0) is 0 Å². The smallest absolute Gasteiger partial charge is 0.545 e. The summed E-state index contributed by atoms with van der Waals surface area (Å²) >= 11 is 0. The zero-order chi connectivity index (χ0) is 9.30. The standard InChI is InChI=1S/C7H5F2NO2.Na/c8-4-2-6(10)5(9)1-3(4)7(11)12;/h1-2H,10H2,(H,11,12);/q;+1/p-1. The van der Waals surface area contributed by atoms with E-state index in [1.54, 1.807) is 0 Å². The van der Waals surface area contributed by atoms with Crippen LogP contribution in [0.3, 0.4) is 0 Å². The number of anilines is 1. The van der Waals surface area contributed by atoms with Gasteiger partial charge >= 0.3 is 29.6 Å². The van der Waals surface area contributed by atoms with E-state index in [4.69, 9.17) is 5.73 Å². The van der Waals surface area contributed by atoms with Crippen LogP contribution < -0.4 is 40.4 Å². The molecule has 1 aromatic rings. The Labute approximate surface area is 94.8 Å². The third kappa shape index (κ3) is 2.65. The number of nitrogen functional groups attached to an aromatic ring is 1. The fourth-order valence-electron chi connectivity index (χ4n) is 0.719. The van der Waals surface area contributed by atoms with Crippen LogP contribution in [0.1, 0.15) is 10.4 Å².